The molecule has 0 bridgehead atoms. The minimum Gasteiger partial charge on any atom is -0.496 e. The van der Waals surface area contributed by atoms with Crippen LogP contribution < -0.4 is 15.4 Å². The average molecular weight is 376 g/mol. The Labute approximate surface area is 160 Å². The van der Waals surface area contributed by atoms with E-state index in [1.807, 2.05) is 31.4 Å². The first-order chi connectivity index (χ1) is 12.5. The average Bonchev–Trinajstić information content (AvgIpc) is 3.17. The van der Waals surface area contributed by atoms with E-state index in [1.54, 1.807) is 25.4 Å². The maximum atomic E-state index is 10.6. The van der Waals surface area contributed by atoms with E-state index in [4.69, 9.17) is 4.74 Å². The molecular formula is C20H29N3O2S. The SMILES string of the molecule is CCNC(=NCC(C)(O)c1cccs1)NCCc1ccc(C)c(OC)c1. The first kappa shape index (κ1) is 20.3. The van der Waals surface area contributed by atoms with Crippen LogP contribution in [0.5, 0.6) is 5.75 Å². The second-order valence-corrected chi connectivity index (χ2v) is 7.37. The van der Waals surface area contributed by atoms with Gasteiger partial charge in [-0.3, -0.25) is 0 Å². The fourth-order valence-corrected chi connectivity index (χ4v) is 3.36. The van der Waals surface area contributed by atoms with Gasteiger partial charge in [-0.1, -0.05) is 18.2 Å². The number of rotatable bonds is 8. The number of aliphatic hydroxyl groups is 1. The lowest BCUT2D eigenvalue weighted by atomic mass is 10.1. The van der Waals surface area contributed by atoms with Gasteiger partial charge in [0.2, 0.25) is 0 Å². The molecule has 0 spiro atoms. The second kappa shape index (κ2) is 9.59. The fourth-order valence-electron chi connectivity index (χ4n) is 2.58. The van der Waals surface area contributed by atoms with Crippen LogP contribution in [-0.2, 0) is 12.0 Å². The number of nitrogens with one attached hydrogen (secondary N) is 2. The first-order valence-corrected chi connectivity index (χ1v) is 9.76. The number of methoxy groups -OCH3 is 1. The summed E-state index contributed by atoms with van der Waals surface area (Å²) in [6.07, 6.45) is 0.863. The van der Waals surface area contributed by atoms with Gasteiger partial charge in [0.05, 0.1) is 13.7 Å². The van der Waals surface area contributed by atoms with Gasteiger partial charge in [0, 0.05) is 18.0 Å². The second-order valence-electron chi connectivity index (χ2n) is 6.43. The molecule has 0 aliphatic rings. The van der Waals surface area contributed by atoms with Crippen LogP contribution in [0.1, 0.15) is 29.9 Å². The Morgan fingerprint density at radius 1 is 1.31 bits per heavy atom. The van der Waals surface area contributed by atoms with Gasteiger partial charge in [-0.25, -0.2) is 4.99 Å². The number of nitrogens with zero attached hydrogens (tertiary/aromatic N) is 1. The molecule has 0 saturated carbocycles. The van der Waals surface area contributed by atoms with Crippen molar-refractivity contribution in [3.63, 3.8) is 0 Å². The Bertz CT molecular complexity index is 712. The summed E-state index contributed by atoms with van der Waals surface area (Å²) in [5.74, 6) is 1.62. The predicted molar refractivity (Wildman–Crippen MR) is 109 cm³/mol. The molecule has 1 aromatic heterocycles. The van der Waals surface area contributed by atoms with Crippen LogP contribution in [0.2, 0.25) is 0 Å². The van der Waals surface area contributed by atoms with Crippen LogP contribution in [0.3, 0.4) is 0 Å². The standard InChI is InChI=1S/C20H29N3O2S/c1-5-21-19(23-14-20(3,24)18-7-6-12-26-18)22-11-10-16-9-8-15(2)17(13-16)25-4/h6-9,12-13,24H,5,10-11,14H2,1-4H3,(H2,21,22,23). The lowest BCUT2D eigenvalue weighted by Crippen LogP contribution is -2.39. The van der Waals surface area contributed by atoms with Gasteiger partial charge >= 0.3 is 0 Å². The highest BCUT2D eigenvalue weighted by molar-refractivity contribution is 7.10. The van der Waals surface area contributed by atoms with E-state index in [-0.39, 0.29) is 0 Å². The lowest BCUT2D eigenvalue weighted by molar-refractivity contribution is 0.0711. The lowest BCUT2D eigenvalue weighted by Gasteiger charge is -2.20. The largest absolute Gasteiger partial charge is 0.496 e. The normalized spacial score (nSPS) is 14.0. The highest BCUT2D eigenvalue weighted by Gasteiger charge is 2.23. The minimum atomic E-state index is -0.957. The number of hydrogen-bond donors (Lipinski definition) is 3. The van der Waals surface area contributed by atoms with Gasteiger partial charge in [0.15, 0.2) is 5.96 Å². The van der Waals surface area contributed by atoms with Crippen molar-refractivity contribution in [3.05, 3.63) is 51.7 Å². The molecule has 0 saturated heterocycles. The van der Waals surface area contributed by atoms with Gasteiger partial charge in [-0.05, 0) is 55.8 Å². The van der Waals surface area contributed by atoms with Crippen molar-refractivity contribution in [1.29, 1.82) is 0 Å². The summed E-state index contributed by atoms with van der Waals surface area (Å²) in [5.41, 5.74) is 1.39. The molecule has 1 atom stereocenters. The Morgan fingerprint density at radius 3 is 2.77 bits per heavy atom. The van der Waals surface area contributed by atoms with Crippen molar-refractivity contribution >= 4 is 17.3 Å². The number of hydrogen-bond acceptors (Lipinski definition) is 4. The molecule has 6 heteroatoms. The first-order valence-electron chi connectivity index (χ1n) is 8.88. The molecular weight excluding hydrogens is 346 g/mol. The van der Waals surface area contributed by atoms with E-state index in [2.05, 4.69) is 33.8 Å². The highest BCUT2D eigenvalue weighted by atomic mass is 32.1. The van der Waals surface area contributed by atoms with Gasteiger partial charge in [-0.15, -0.1) is 11.3 Å². The van der Waals surface area contributed by atoms with E-state index in [0.717, 1.165) is 35.7 Å². The van der Waals surface area contributed by atoms with Crippen molar-refractivity contribution in [1.82, 2.24) is 10.6 Å². The maximum Gasteiger partial charge on any atom is 0.191 e. The summed E-state index contributed by atoms with van der Waals surface area (Å²) in [6.45, 7) is 7.69. The van der Waals surface area contributed by atoms with Crippen molar-refractivity contribution in [3.8, 4) is 5.75 Å². The van der Waals surface area contributed by atoms with Crippen molar-refractivity contribution in [2.45, 2.75) is 32.8 Å². The molecule has 5 nitrogen and oxygen atoms in total. The van der Waals surface area contributed by atoms with E-state index >= 15 is 0 Å². The van der Waals surface area contributed by atoms with Gasteiger partial charge in [0.25, 0.3) is 0 Å². The Hall–Kier alpha value is -2.05. The number of ether oxygens (including phenoxy) is 1. The zero-order valence-electron chi connectivity index (χ0n) is 16.0. The summed E-state index contributed by atoms with van der Waals surface area (Å²) in [6, 6.07) is 10.1. The summed E-state index contributed by atoms with van der Waals surface area (Å²) in [5, 5.41) is 19.1. The molecule has 2 aromatic rings. The molecule has 0 amide bonds. The molecule has 142 valence electrons. The molecule has 1 unspecified atom stereocenters. The third kappa shape index (κ3) is 5.75. The topological polar surface area (TPSA) is 65.9 Å². The summed E-state index contributed by atoms with van der Waals surface area (Å²) in [4.78, 5) is 5.47. The van der Waals surface area contributed by atoms with Crippen molar-refractivity contribution in [2.24, 2.45) is 4.99 Å². The van der Waals surface area contributed by atoms with Gasteiger partial charge in [-0.2, -0.15) is 0 Å². The maximum absolute atomic E-state index is 10.6. The molecule has 0 aliphatic heterocycles. The zero-order chi connectivity index (χ0) is 19.0. The molecule has 0 radical (unpaired) electrons. The quantitative estimate of drug-likeness (QED) is 0.490. The Kier molecular flexibility index (Phi) is 7.48. The fraction of sp³-hybridized carbons (Fsp3) is 0.450. The van der Waals surface area contributed by atoms with E-state index in [1.165, 1.54) is 5.56 Å². The van der Waals surface area contributed by atoms with Crippen LogP contribution >= 0.6 is 11.3 Å². The molecule has 3 N–H and O–H groups in total. The third-order valence-electron chi connectivity index (χ3n) is 4.12. The van der Waals surface area contributed by atoms with Crippen LogP contribution in [0.25, 0.3) is 0 Å². The highest BCUT2D eigenvalue weighted by Crippen LogP contribution is 2.25. The van der Waals surface area contributed by atoms with Crippen LogP contribution in [0.4, 0.5) is 0 Å². The van der Waals surface area contributed by atoms with Crippen LogP contribution in [0, 0.1) is 6.92 Å². The van der Waals surface area contributed by atoms with Crippen molar-refractivity contribution < 1.29 is 9.84 Å². The molecule has 0 aliphatic carbocycles. The number of aliphatic imine (C=N–C) groups is 1. The monoisotopic (exact) mass is 375 g/mol. The number of guanidine groups is 1. The molecule has 1 heterocycles. The van der Waals surface area contributed by atoms with Crippen LogP contribution in [0.15, 0.2) is 40.7 Å². The van der Waals surface area contributed by atoms with Crippen molar-refractivity contribution in [2.75, 3.05) is 26.7 Å². The number of aryl methyl sites for hydroxylation is 1. The minimum absolute atomic E-state index is 0.307. The van der Waals surface area contributed by atoms with E-state index in [9.17, 15) is 5.11 Å². The summed E-state index contributed by atoms with van der Waals surface area (Å²) in [7, 11) is 1.69. The zero-order valence-corrected chi connectivity index (χ0v) is 16.8. The third-order valence-corrected chi connectivity index (χ3v) is 5.24. The Morgan fingerprint density at radius 2 is 2.12 bits per heavy atom. The molecule has 1 aromatic carbocycles. The Balaban J connectivity index is 1.93. The van der Waals surface area contributed by atoms with Gasteiger partial charge < -0.3 is 20.5 Å². The van der Waals surface area contributed by atoms with Crippen LogP contribution in [-0.4, -0.2) is 37.8 Å². The molecule has 26 heavy (non-hydrogen) atoms. The summed E-state index contributed by atoms with van der Waals surface area (Å²) >= 11 is 1.54. The molecule has 0 fully saturated rings. The number of thiophene rings is 1. The smallest absolute Gasteiger partial charge is 0.191 e. The summed E-state index contributed by atoms with van der Waals surface area (Å²) < 4.78 is 5.38. The van der Waals surface area contributed by atoms with Gasteiger partial charge in [0.1, 0.15) is 11.4 Å². The predicted octanol–water partition coefficient (Wildman–Crippen LogP) is 3.07. The number of benzene rings is 1. The molecule has 2 rings (SSSR count). The van der Waals surface area contributed by atoms with E-state index in [0.29, 0.717) is 12.5 Å². The van der Waals surface area contributed by atoms with E-state index < -0.39 is 5.60 Å².